The monoisotopic (exact) mass is 1020 g/mol. The summed E-state index contributed by atoms with van der Waals surface area (Å²) in [5, 5.41) is 2.29. The van der Waals surface area contributed by atoms with Gasteiger partial charge in [0.2, 0.25) is 6.20 Å². The van der Waals surface area contributed by atoms with E-state index in [1.807, 2.05) is 150 Å². The Morgan fingerprint density at radius 2 is 1.33 bits per heavy atom. The van der Waals surface area contributed by atoms with Crippen molar-refractivity contribution in [1.29, 1.82) is 0 Å². The Labute approximate surface area is 326 Å². The fourth-order valence-electron chi connectivity index (χ4n) is 5.01. The Bertz CT molecular complexity index is 2390. The third-order valence-electron chi connectivity index (χ3n) is 7.33. The Morgan fingerprint density at radius 3 is 2.00 bits per heavy atom. The molecule has 0 amide bonds. The van der Waals surface area contributed by atoms with E-state index in [4.69, 9.17) is 15.9 Å². The predicted molar refractivity (Wildman–Crippen MR) is 187 cm³/mol. The van der Waals surface area contributed by atoms with Crippen LogP contribution in [0.4, 0.5) is 5.69 Å². The van der Waals surface area contributed by atoms with Crippen molar-refractivity contribution in [2.45, 2.75) is 0 Å². The van der Waals surface area contributed by atoms with E-state index in [-0.39, 0.29) is 42.1 Å². The Hall–Kier alpha value is -5.55. The molecule has 3 heterocycles. The quantitative estimate of drug-likeness (QED) is 0.0911. The molecule has 1 aliphatic heterocycles. The molecule has 2 aromatic heterocycles. The van der Waals surface area contributed by atoms with Crippen molar-refractivity contribution in [2.75, 3.05) is 7.05 Å². The molecule has 0 N–H and O–H groups in total. The number of ether oxygens (including phenoxy) is 2. The number of fused-ring (bicyclic) bond motifs is 1. The van der Waals surface area contributed by atoms with Crippen LogP contribution in [0.3, 0.4) is 0 Å². The van der Waals surface area contributed by atoms with Crippen molar-refractivity contribution in [2.24, 2.45) is 0 Å². The molecule has 5 aromatic carbocycles. The molecule has 1 aliphatic rings. The van der Waals surface area contributed by atoms with Crippen LogP contribution >= 0.6 is 0 Å². The van der Waals surface area contributed by atoms with E-state index in [9.17, 15) is 0 Å². The first-order valence-corrected chi connectivity index (χ1v) is 15.3. The largest absolute Gasteiger partial charge is 4.00 e. The minimum absolute atomic E-state index is 0. The van der Waals surface area contributed by atoms with Gasteiger partial charge in [-0.15, -0.1) is 48.0 Å². The number of benzene rings is 5. The fraction of sp³-hybridized carbons (Fsp3) is 0.0233. The Balaban J connectivity index is 0.000000331. The van der Waals surface area contributed by atoms with Crippen molar-refractivity contribution in [3.8, 4) is 51.4 Å². The van der Waals surface area contributed by atoms with Crippen LogP contribution < -0.4 is 9.47 Å². The first-order valence-electron chi connectivity index (χ1n) is 15.3. The average molecular weight is 1020 g/mol. The molecule has 0 bridgehead atoms. The summed E-state index contributed by atoms with van der Waals surface area (Å²) in [6.45, 7) is 0. The van der Waals surface area contributed by atoms with Crippen LogP contribution in [0.1, 0.15) is 0 Å². The smallest absolute Gasteiger partial charge is 0.669 e. The summed E-state index contributed by atoms with van der Waals surface area (Å²) in [7, 11) is 1.92. The molecule has 7 aromatic rings. The van der Waals surface area contributed by atoms with E-state index < -0.39 is 0 Å². The first-order chi connectivity index (χ1) is 24.1. The number of pyridine rings is 1. The van der Waals surface area contributed by atoms with Gasteiger partial charge in [0, 0.05) is 46.2 Å². The van der Waals surface area contributed by atoms with Crippen molar-refractivity contribution in [3.63, 3.8) is 0 Å². The average Bonchev–Trinajstić information content (AvgIpc) is 3.79. The summed E-state index contributed by atoms with van der Waals surface area (Å²) in [5.74, 6) is 2.38. The first kappa shape index (κ1) is 36.7. The van der Waals surface area contributed by atoms with Gasteiger partial charge in [0.1, 0.15) is 5.69 Å². The van der Waals surface area contributed by atoms with Gasteiger partial charge in [-0.3, -0.25) is 11.1 Å². The zero-order valence-electron chi connectivity index (χ0n) is 27.0. The fourth-order valence-corrected chi connectivity index (χ4v) is 5.01. The summed E-state index contributed by atoms with van der Waals surface area (Å²) in [4.78, 5) is 4.52. The molecule has 0 radical (unpaired) electrons. The number of nitrogens with zero attached hydrogens (tertiary/aromatic N) is 4. The third kappa shape index (κ3) is 9.37. The molecule has 0 atom stereocenters. The molecule has 8 rings (SSSR count). The minimum atomic E-state index is 0. The van der Waals surface area contributed by atoms with E-state index >= 15 is 0 Å². The van der Waals surface area contributed by atoms with Crippen molar-refractivity contribution < 1.29 is 60.8 Å². The second-order valence-corrected chi connectivity index (χ2v) is 10.8. The molecule has 0 saturated carbocycles. The maximum atomic E-state index is 6.89. The van der Waals surface area contributed by atoms with Gasteiger partial charge in [-0.2, -0.15) is 36.4 Å². The van der Waals surface area contributed by atoms with Gasteiger partial charge in [0.15, 0.2) is 7.05 Å². The molecule has 0 fully saturated rings. The molecule has 51 heavy (non-hydrogen) atoms. The van der Waals surface area contributed by atoms with Crippen LogP contribution in [0.5, 0.6) is 23.0 Å². The van der Waals surface area contributed by atoms with Gasteiger partial charge in [-0.25, -0.2) is 24.2 Å². The summed E-state index contributed by atoms with van der Waals surface area (Å²) < 4.78 is 17.3. The van der Waals surface area contributed by atoms with Crippen LogP contribution in [-0.4, -0.2) is 31.8 Å². The Kier molecular flexibility index (Phi) is 12.5. The van der Waals surface area contributed by atoms with Gasteiger partial charge in [-0.05, 0) is 0 Å². The second kappa shape index (κ2) is 17.4. The van der Waals surface area contributed by atoms with Gasteiger partial charge in [0.25, 0.3) is 6.20 Å². The number of rotatable bonds is 7. The molecule has 6 nitrogen and oxygen atoms in total. The molecule has 0 spiro atoms. The molecular formula is C43H26N4O2Pt2+2. The molecule has 248 valence electrons. The van der Waals surface area contributed by atoms with Gasteiger partial charge in [0.05, 0.1) is 0 Å². The zero-order valence-corrected chi connectivity index (χ0v) is 31.6. The van der Waals surface area contributed by atoms with E-state index in [0.717, 1.165) is 38.8 Å². The zero-order chi connectivity index (χ0) is 33.4. The van der Waals surface area contributed by atoms with Crippen molar-refractivity contribution in [1.82, 2.24) is 9.55 Å². The van der Waals surface area contributed by atoms with Crippen molar-refractivity contribution in [3.05, 3.63) is 177 Å². The predicted octanol–water partition coefficient (Wildman–Crippen LogP) is 8.98. The van der Waals surface area contributed by atoms with Crippen LogP contribution in [0.25, 0.3) is 33.2 Å². The molecular weight excluding hydrogens is 995 g/mol. The standard InChI is InChI=1S/C33H20N3O2.C10H6N.2Pt/c1-35-18-19-36(24-35)28-10-7-15-32(23-28)38-31-14-6-9-27(21-31)33-22-26(16-17-34-33)25-8-5-13-30(20-25)37-29-11-3-2-4-12-29;1-2-11-7-9-5-3-4-6-10(9)8-11;;/h2-11,13-15,17-19,22H,1H3;3-8H;;/q-3;-1;+2;+4. The molecule has 8 heteroatoms. The molecule has 0 unspecified atom stereocenters. The molecule has 0 saturated heterocycles. The topological polar surface area (TPSA) is 42.3 Å². The number of hydrogen-bond acceptors (Lipinski definition) is 3. The van der Waals surface area contributed by atoms with Crippen LogP contribution in [0.15, 0.2) is 140 Å². The normalized spacial score (nSPS) is 11.1. The third-order valence-corrected chi connectivity index (χ3v) is 7.33. The summed E-state index contributed by atoms with van der Waals surface area (Å²) in [6.07, 6.45) is 16.1. The van der Waals surface area contributed by atoms with E-state index in [0.29, 0.717) is 23.0 Å². The van der Waals surface area contributed by atoms with E-state index in [2.05, 4.69) is 47.4 Å². The van der Waals surface area contributed by atoms with Gasteiger partial charge < -0.3 is 25.4 Å². The summed E-state index contributed by atoms with van der Waals surface area (Å²) in [6, 6.07) is 56.2. The maximum Gasteiger partial charge on any atom is 4.00 e. The SMILES string of the molecule is C[N+]1=C=[N+](c2[c-]c(Oc3[c-]c(-c4cc(-c5[c-]c(Oc6[c-]cccc6)ccc5)[c-]cn4)ccc3)ccc2)C=C1.[C-]#Cn1cc2ccccc2c1.[Pt+2].[Pt+4]. The van der Waals surface area contributed by atoms with E-state index in [1.165, 1.54) is 0 Å². The minimum Gasteiger partial charge on any atom is -0.669 e. The van der Waals surface area contributed by atoms with Crippen LogP contribution in [0, 0.1) is 42.8 Å². The maximum absolute atomic E-state index is 6.89. The number of hydrogen-bond donors (Lipinski definition) is 0. The van der Waals surface area contributed by atoms with Crippen molar-refractivity contribution >= 4 is 22.5 Å². The van der Waals surface area contributed by atoms with Gasteiger partial charge >= 0.3 is 48.1 Å². The van der Waals surface area contributed by atoms with Gasteiger partial charge in [-0.1, -0.05) is 63.5 Å². The van der Waals surface area contributed by atoms with Crippen LogP contribution in [-0.2, 0) is 42.1 Å². The summed E-state index contributed by atoms with van der Waals surface area (Å²) in [5.41, 5.74) is 4.06. The summed E-state index contributed by atoms with van der Waals surface area (Å²) >= 11 is 0. The van der Waals surface area contributed by atoms with Crippen LogP contribution in [0.2, 0.25) is 0 Å². The van der Waals surface area contributed by atoms with E-state index in [1.54, 1.807) is 10.8 Å². The Morgan fingerprint density at radius 1 is 0.706 bits per heavy atom. The number of aromatic nitrogens is 2. The molecule has 0 aliphatic carbocycles. The second-order valence-electron chi connectivity index (χ2n) is 10.8. The number of para-hydroxylation sites is 1.